The van der Waals surface area contributed by atoms with E-state index in [1.165, 1.54) is 21.8 Å². The second-order valence-corrected chi connectivity index (χ2v) is 8.31. The van der Waals surface area contributed by atoms with Gasteiger partial charge in [0.25, 0.3) is 0 Å². The highest BCUT2D eigenvalue weighted by atomic mass is 19.1. The number of amides is 2. The minimum Gasteiger partial charge on any atom is -0.354 e. The SMILES string of the molecule is CC(C)CCNC(=O)[C@@H](C)N(Cc1ccccc1)C(=O)Cn1nnc(-c2ccc(F)cc2)n1. The molecule has 2 amide bonds. The second-order valence-electron chi connectivity index (χ2n) is 8.31. The van der Waals surface area contributed by atoms with E-state index in [1.54, 1.807) is 19.1 Å². The lowest BCUT2D eigenvalue weighted by Gasteiger charge is -2.28. The third kappa shape index (κ3) is 6.93. The van der Waals surface area contributed by atoms with Crippen LogP contribution in [0, 0.1) is 11.7 Å². The lowest BCUT2D eigenvalue weighted by atomic mass is 10.1. The Morgan fingerprint density at radius 2 is 1.76 bits per heavy atom. The summed E-state index contributed by atoms with van der Waals surface area (Å²) < 4.78 is 13.2. The first-order valence-electron chi connectivity index (χ1n) is 11.0. The fourth-order valence-electron chi connectivity index (χ4n) is 3.23. The van der Waals surface area contributed by atoms with Crippen molar-refractivity contribution in [1.29, 1.82) is 0 Å². The van der Waals surface area contributed by atoms with E-state index in [0.717, 1.165) is 12.0 Å². The van der Waals surface area contributed by atoms with Crippen LogP contribution in [0.25, 0.3) is 11.4 Å². The zero-order valence-electron chi connectivity index (χ0n) is 19.1. The maximum atomic E-state index is 13.2. The van der Waals surface area contributed by atoms with Crippen molar-refractivity contribution in [2.45, 2.75) is 46.3 Å². The molecule has 0 aliphatic rings. The van der Waals surface area contributed by atoms with Crippen molar-refractivity contribution in [3.63, 3.8) is 0 Å². The van der Waals surface area contributed by atoms with E-state index in [0.29, 0.717) is 18.0 Å². The fraction of sp³-hybridized carbons (Fsp3) is 0.375. The topological polar surface area (TPSA) is 93.0 Å². The average Bonchev–Trinajstić information content (AvgIpc) is 3.26. The first kappa shape index (κ1) is 24.0. The molecule has 1 heterocycles. The number of aromatic nitrogens is 4. The Bertz CT molecular complexity index is 1050. The molecule has 33 heavy (non-hydrogen) atoms. The van der Waals surface area contributed by atoms with Crippen molar-refractivity contribution in [3.8, 4) is 11.4 Å². The summed E-state index contributed by atoms with van der Waals surface area (Å²) in [4.78, 5) is 28.6. The predicted octanol–water partition coefficient (Wildman–Crippen LogP) is 3.06. The van der Waals surface area contributed by atoms with Crippen molar-refractivity contribution in [2.75, 3.05) is 6.54 Å². The molecule has 9 heteroatoms. The largest absolute Gasteiger partial charge is 0.354 e. The van der Waals surface area contributed by atoms with E-state index in [1.807, 2.05) is 30.3 Å². The number of hydrogen-bond acceptors (Lipinski definition) is 5. The van der Waals surface area contributed by atoms with Gasteiger partial charge in [0.2, 0.25) is 17.6 Å². The van der Waals surface area contributed by atoms with Crippen LogP contribution in [0.15, 0.2) is 54.6 Å². The Hall–Kier alpha value is -3.62. The molecule has 0 bridgehead atoms. The molecular weight excluding hydrogens is 423 g/mol. The highest BCUT2D eigenvalue weighted by molar-refractivity contribution is 5.87. The summed E-state index contributed by atoms with van der Waals surface area (Å²) in [5, 5.41) is 15.1. The van der Waals surface area contributed by atoms with Gasteiger partial charge in [-0.15, -0.1) is 10.2 Å². The van der Waals surface area contributed by atoms with Crippen molar-refractivity contribution in [2.24, 2.45) is 5.92 Å². The van der Waals surface area contributed by atoms with Crippen LogP contribution in [0.1, 0.15) is 32.8 Å². The van der Waals surface area contributed by atoms with Crippen LogP contribution in [0.4, 0.5) is 4.39 Å². The lowest BCUT2D eigenvalue weighted by Crippen LogP contribution is -2.49. The Kier molecular flexibility index (Phi) is 8.23. The van der Waals surface area contributed by atoms with Crippen LogP contribution in [0.3, 0.4) is 0 Å². The Balaban J connectivity index is 1.73. The summed E-state index contributed by atoms with van der Waals surface area (Å²) >= 11 is 0. The van der Waals surface area contributed by atoms with E-state index >= 15 is 0 Å². The van der Waals surface area contributed by atoms with Gasteiger partial charge >= 0.3 is 0 Å². The van der Waals surface area contributed by atoms with Crippen LogP contribution in [0.2, 0.25) is 0 Å². The molecule has 0 saturated carbocycles. The van der Waals surface area contributed by atoms with Crippen LogP contribution < -0.4 is 5.32 Å². The highest BCUT2D eigenvalue weighted by Crippen LogP contribution is 2.14. The van der Waals surface area contributed by atoms with Crippen LogP contribution >= 0.6 is 0 Å². The number of carbonyl (C=O) groups excluding carboxylic acids is 2. The Labute approximate surface area is 192 Å². The molecule has 0 aliphatic heterocycles. The summed E-state index contributed by atoms with van der Waals surface area (Å²) in [5.41, 5.74) is 1.50. The zero-order valence-corrected chi connectivity index (χ0v) is 19.1. The van der Waals surface area contributed by atoms with Gasteiger partial charge in [-0.3, -0.25) is 9.59 Å². The number of hydrogen-bond donors (Lipinski definition) is 1. The monoisotopic (exact) mass is 452 g/mol. The van der Waals surface area contributed by atoms with Crippen LogP contribution in [0.5, 0.6) is 0 Å². The smallest absolute Gasteiger partial charge is 0.247 e. The number of carbonyl (C=O) groups is 2. The third-order valence-corrected chi connectivity index (χ3v) is 5.22. The zero-order chi connectivity index (χ0) is 23.8. The van der Waals surface area contributed by atoms with Gasteiger partial charge in [0.1, 0.15) is 18.4 Å². The molecule has 2 aromatic carbocycles. The van der Waals surface area contributed by atoms with E-state index in [-0.39, 0.29) is 36.5 Å². The third-order valence-electron chi connectivity index (χ3n) is 5.22. The molecule has 1 atom stereocenters. The molecule has 3 rings (SSSR count). The summed E-state index contributed by atoms with van der Waals surface area (Å²) in [7, 11) is 0. The molecule has 1 N–H and O–H groups in total. The molecule has 8 nitrogen and oxygen atoms in total. The molecular formula is C24H29FN6O2. The van der Waals surface area contributed by atoms with E-state index < -0.39 is 6.04 Å². The summed E-state index contributed by atoms with van der Waals surface area (Å²) in [6.07, 6.45) is 0.861. The van der Waals surface area contributed by atoms with Crippen LogP contribution in [-0.4, -0.2) is 49.5 Å². The van der Waals surface area contributed by atoms with E-state index in [4.69, 9.17) is 0 Å². The van der Waals surface area contributed by atoms with Gasteiger partial charge < -0.3 is 10.2 Å². The van der Waals surface area contributed by atoms with Gasteiger partial charge in [0.05, 0.1) is 0 Å². The number of rotatable bonds is 10. The van der Waals surface area contributed by atoms with Gasteiger partial charge in [0, 0.05) is 18.7 Å². The summed E-state index contributed by atoms with van der Waals surface area (Å²) in [5.74, 6) is -0.126. The van der Waals surface area contributed by atoms with Gasteiger partial charge in [-0.1, -0.05) is 44.2 Å². The standard InChI is InChI=1S/C24H29FN6O2/c1-17(2)13-14-26-24(33)18(3)30(15-19-7-5-4-6-8-19)22(32)16-31-28-23(27-29-31)20-9-11-21(25)12-10-20/h4-12,17-18H,13-16H2,1-3H3,(H,26,33)/t18-/m1/s1. The normalized spacial score (nSPS) is 11.9. The first-order chi connectivity index (χ1) is 15.8. The van der Waals surface area contributed by atoms with Gasteiger partial charge in [-0.25, -0.2) is 4.39 Å². The van der Waals surface area contributed by atoms with Gasteiger partial charge in [-0.2, -0.15) is 4.80 Å². The van der Waals surface area contributed by atoms with Gasteiger partial charge in [0.15, 0.2) is 0 Å². The average molecular weight is 453 g/mol. The molecule has 174 valence electrons. The van der Waals surface area contributed by atoms with Gasteiger partial charge in [-0.05, 0) is 54.3 Å². The lowest BCUT2D eigenvalue weighted by molar-refractivity contribution is -0.141. The molecule has 0 radical (unpaired) electrons. The number of nitrogens with zero attached hydrogens (tertiary/aromatic N) is 5. The fourth-order valence-corrected chi connectivity index (χ4v) is 3.23. The van der Waals surface area contributed by atoms with Crippen molar-refractivity contribution >= 4 is 11.8 Å². The van der Waals surface area contributed by atoms with Crippen LogP contribution in [-0.2, 0) is 22.7 Å². The number of tetrazole rings is 1. The molecule has 0 saturated heterocycles. The molecule has 0 aliphatic carbocycles. The maximum absolute atomic E-state index is 13.2. The van der Waals surface area contributed by atoms with E-state index in [9.17, 15) is 14.0 Å². The Morgan fingerprint density at radius 3 is 2.42 bits per heavy atom. The minimum absolute atomic E-state index is 0.176. The molecule has 0 spiro atoms. The summed E-state index contributed by atoms with van der Waals surface area (Å²) in [6.45, 7) is 6.55. The van der Waals surface area contributed by atoms with Crippen molar-refractivity contribution < 1.29 is 14.0 Å². The molecule has 0 fully saturated rings. The maximum Gasteiger partial charge on any atom is 0.247 e. The molecule has 3 aromatic rings. The summed E-state index contributed by atoms with van der Waals surface area (Å²) in [6, 6.07) is 14.5. The number of halogens is 1. The Morgan fingerprint density at radius 1 is 1.06 bits per heavy atom. The number of nitrogens with one attached hydrogen (secondary N) is 1. The first-order valence-corrected chi connectivity index (χ1v) is 11.0. The van der Waals surface area contributed by atoms with Crippen molar-refractivity contribution in [1.82, 2.24) is 30.4 Å². The highest BCUT2D eigenvalue weighted by Gasteiger charge is 2.27. The van der Waals surface area contributed by atoms with Crippen molar-refractivity contribution in [3.05, 3.63) is 66.0 Å². The quantitative estimate of drug-likeness (QED) is 0.510. The molecule has 0 unspecified atom stereocenters. The molecule has 1 aromatic heterocycles. The second kappa shape index (κ2) is 11.3. The number of benzene rings is 2. The predicted molar refractivity (Wildman–Crippen MR) is 122 cm³/mol. The minimum atomic E-state index is -0.676. The van der Waals surface area contributed by atoms with E-state index in [2.05, 4.69) is 34.6 Å².